The van der Waals surface area contributed by atoms with Crippen molar-refractivity contribution >= 4 is 11.9 Å². The van der Waals surface area contributed by atoms with Gasteiger partial charge in [0.1, 0.15) is 17.1 Å². The summed E-state index contributed by atoms with van der Waals surface area (Å²) in [5, 5.41) is 2.64. The van der Waals surface area contributed by atoms with E-state index in [9.17, 15) is 14.0 Å². The molecule has 1 aliphatic heterocycles. The lowest BCUT2D eigenvalue weighted by atomic mass is 10.1. The van der Waals surface area contributed by atoms with Gasteiger partial charge in [0.2, 0.25) is 12.2 Å². The van der Waals surface area contributed by atoms with Gasteiger partial charge in [-0.2, -0.15) is 0 Å². The Balaban J connectivity index is 1.33. The quantitative estimate of drug-likeness (QED) is 0.427. The summed E-state index contributed by atoms with van der Waals surface area (Å²) in [5.74, 6) is -1.48. The summed E-state index contributed by atoms with van der Waals surface area (Å²) in [5.41, 5.74) is 1.39. The molecule has 2 aromatic carbocycles. The number of hydrogen-bond acceptors (Lipinski definition) is 8. The lowest BCUT2D eigenvalue weighted by Crippen LogP contribution is -2.24. The zero-order valence-electron chi connectivity index (χ0n) is 19.3. The maximum Gasteiger partial charge on any atom is 0.343 e. The van der Waals surface area contributed by atoms with Crippen molar-refractivity contribution in [1.29, 1.82) is 0 Å². The predicted molar refractivity (Wildman–Crippen MR) is 124 cm³/mol. The Morgan fingerprint density at radius 2 is 1.94 bits per heavy atom. The van der Waals surface area contributed by atoms with E-state index in [1.54, 1.807) is 6.07 Å². The minimum absolute atomic E-state index is 0.0113. The average molecular weight is 494 g/mol. The Bertz CT molecular complexity index is 1250. The van der Waals surface area contributed by atoms with Crippen molar-refractivity contribution in [3.8, 4) is 11.6 Å². The van der Waals surface area contributed by atoms with Crippen LogP contribution in [0.15, 0.2) is 79.1 Å². The SMILES string of the molecule is COC(=O)COc1ccc(CNC(=O)c2cccnc2OC2=COC(Cc3ccccc3)O2)c(F)c1. The summed E-state index contributed by atoms with van der Waals surface area (Å²) in [6.45, 7) is -0.439. The molecule has 1 atom stereocenters. The van der Waals surface area contributed by atoms with E-state index in [-0.39, 0.29) is 41.9 Å². The molecule has 9 nitrogen and oxygen atoms in total. The number of benzene rings is 2. The molecule has 1 aliphatic rings. The van der Waals surface area contributed by atoms with Crippen LogP contribution in [0.5, 0.6) is 11.6 Å². The Hall–Kier alpha value is -4.60. The number of nitrogens with zero attached hydrogens (tertiary/aromatic N) is 1. The molecule has 1 N–H and O–H groups in total. The number of esters is 1. The van der Waals surface area contributed by atoms with E-state index in [0.717, 1.165) is 11.6 Å². The second-order valence-electron chi connectivity index (χ2n) is 7.57. The van der Waals surface area contributed by atoms with Gasteiger partial charge >= 0.3 is 11.9 Å². The van der Waals surface area contributed by atoms with Gasteiger partial charge in [-0.15, -0.1) is 0 Å². The minimum Gasteiger partial charge on any atom is -0.482 e. The fraction of sp³-hybridized carbons (Fsp3) is 0.192. The number of carbonyl (C=O) groups is 2. The van der Waals surface area contributed by atoms with Crippen LogP contribution in [-0.4, -0.2) is 36.9 Å². The average Bonchev–Trinajstić information content (AvgIpc) is 3.33. The molecule has 1 unspecified atom stereocenters. The van der Waals surface area contributed by atoms with Gasteiger partial charge in [0.15, 0.2) is 12.9 Å². The van der Waals surface area contributed by atoms with Crippen LogP contribution in [0.1, 0.15) is 21.5 Å². The van der Waals surface area contributed by atoms with Crippen molar-refractivity contribution in [1.82, 2.24) is 10.3 Å². The molecule has 0 radical (unpaired) electrons. The number of ether oxygens (including phenoxy) is 5. The molecule has 36 heavy (non-hydrogen) atoms. The van der Waals surface area contributed by atoms with Gasteiger partial charge in [-0.25, -0.2) is 14.2 Å². The predicted octanol–water partition coefficient (Wildman–Crippen LogP) is 3.50. The highest BCUT2D eigenvalue weighted by Crippen LogP contribution is 2.24. The van der Waals surface area contributed by atoms with Crippen molar-refractivity contribution in [3.63, 3.8) is 0 Å². The van der Waals surface area contributed by atoms with Crippen molar-refractivity contribution in [3.05, 3.63) is 102 Å². The number of methoxy groups -OCH3 is 1. The van der Waals surface area contributed by atoms with Crippen molar-refractivity contribution in [2.45, 2.75) is 19.3 Å². The zero-order valence-corrected chi connectivity index (χ0v) is 19.3. The molecule has 0 fully saturated rings. The number of nitrogens with one attached hydrogen (secondary N) is 1. The van der Waals surface area contributed by atoms with Crippen LogP contribution in [0, 0.1) is 5.82 Å². The molecule has 0 aliphatic carbocycles. The van der Waals surface area contributed by atoms with Crippen LogP contribution in [0.3, 0.4) is 0 Å². The number of aromatic nitrogens is 1. The molecular formula is C26H23FN2O7. The van der Waals surface area contributed by atoms with Gasteiger partial charge < -0.3 is 29.0 Å². The molecule has 0 spiro atoms. The Morgan fingerprint density at radius 1 is 1.11 bits per heavy atom. The van der Waals surface area contributed by atoms with Gasteiger partial charge in [0.25, 0.3) is 5.91 Å². The maximum atomic E-state index is 14.4. The minimum atomic E-state index is -0.605. The standard InChI is InChI=1S/C26H23FN2O7/c1-32-22(30)15-33-19-10-9-18(21(27)13-19)14-29-25(31)20-8-5-11-28-26(20)36-24-16-34-23(35-24)12-17-6-3-2-4-7-17/h2-11,13,16,23H,12,14-15H2,1H3,(H,29,31). The van der Waals surface area contributed by atoms with Gasteiger partial charge in [-0.05, 0) is 23.8 Å². The number of amides is 1. The van der Waals surface area contributed by atoms with Gasteiger partial charge in [-0.1, -0.05) is 36.4 Å². The van der Waals surface area contributed by atoms with Gasteiger partial charge in [0, 0.05) is 30.8 Å². The van der Waals surface area contributed by atoms with Crippen LogP contribution in [0.25, 0.3) is 0 Å². The second kappa shape index (κ2) is 11.7. The van der Waals surface area contributed by atoms with E-state index >= 15 is 0 Å². The fourth-order valence-corrected chi connectivity index (χ4v) is 3.23. The van der Waals surface area contributed by atoms with Crippen LogP contribution in [0.2, 0.25) is 0 Å². The number of pyridine rings is 1. The molecule has 0 saturated heterocycles. The first-order valence-electron chi connectivity index (χ1n) is 11.0. The molecule has 10 heteroatoms. The number of halogens is 1. The fourth-order valence-electron chi connectivity index (χ4n) is 3.23. The maximum absolute atomic E-state index is 14.4. The third-order valence-corrected chi connectivity index (χ3v) is 5.07. The number of carbonyl (C=O) groups excluding carboxylic acids is 2. The first-order chi connectivity index (χ1) is 17.5. The molecular weight excluding hydrogens is 471 g/mol. The summed E-state index contributed by atoms with van der Waals surface area (Å²) in [6, 6.07) is 16.8. The molecule has 1 aromatic heterocycles. The molecule has 0 bridgehead atoms. The monoisotopic (exact) mass is 494 g/mol. The zero-order chi connectivity index (χ0) is 25.3. The summed E-state index contributed by atoms with van der Waals surface area (Å²) < 4.78 is 40.9. The highest BCUT2D eigenvalue weighted by molar-refractivity contribution is 5.96. The topological polar surface area (TPSA) is 105 Å². The van der Waals surface area contributed by atoms with E-state index in [2.05, 4.69) is 15.0 Å². The van der Waals surface area contributed by atoms with Crippen molar-refractivity contribution in [2.24, 2.45) is 0 Å². The Morgan fingerprint density at radius 3 is 2.72 bits per heavy atom. The number of hydrogen-bond donors (Lipinski definition) is 1. The summed E-state index contributed by atoms with van der Waals surface area (Å²) in [4.78, 5) is 28.0. The van der Waals surface area contributed by atoms with Crippen LogP contribution in [0.4, 0.5) is 4.39 Å². The van der Waals surface area contributed by atoms with Crippen LogP contribution >= 0.6 is 0 Å². The van der Waals surface area contributed by atoms with Crippen LogP contribution < -0.4 is 14.8 Å². The largest absolute Gasteiger partial charge is 0.482 e. The highest BCUT2D eigenvalue weighted by Gasteiger charge is 2.24. The summed E-state index contributed by atoms with van der Waals surface area (Å²) in [7, 11) is 1.23. The highest BCUT2D eigenvalue weighted by atomic mass is 19.1. The second-order valence-corrected chi connectivity index (χ2v) is 7.57. The number of rotatable bonds is 10. The van der Waals surface area contributed by atoms with E-state index < -0.39 is 24.0 Å². The first-order valence-corrected chi connectivity index (χ1v) is 11.0. The molecule has 0 saturated carbocycles. The normalized spacial score (nSPS) is 14.2. The molecule has 2 heterocycles. The first kappa shape index (κ1) is 24.5. The van der Waals surface area contributed by atoms with E-state index in [1.807, 2.05) is 30.3 Å². The van der Waals surface area contributed by atoms with E-state index in [1.165, 1.54) is 37.8 Å². The van der Waals surface area contributed by atoms with Crippen molar-refractivity contribution < 1.29 is 37.7 Å². The molecule has 1 amide bonds. The summed E-state index contributed by atoms with van der Waals surface area (Å²) in [6.07, 6.45) is 2.74. The van der Waals surface area contributed by atoms with Gasteiger partial charge in [-0.3, -0.25) is 4.79 Å². The molecule has 186 valence electrons. The van der Waals surface area contributed by atoms with E-state index in [4.69, 9.17) is 18.9 Å². The molecule has 4 rings (SSSR count). The lowest BCUT2D eigenvalue weighted by molar-refractivity contribution is -0.142. The smallest absolute Gasteiger partial charge is 0.343 e. The molecule has 3 aromatic rings. The van der Waals surface area contributed by atoms with E-state index in [0.29, 0.717) is 6.42 Å². The lowest BCUT2D eigenvalue weighted by Gasteiger charge is -2.13. The van der Waals surface area contributed by atoms with Crippen LogP contribution in [-0.2, 0) is 32.0 Å². The van der Waals surface area contributed by atoms with Crippen molar-refractivity contribution in [2.75, 3.05) is 13.7 Å². The third-order valence-electron chi connectivity index (χ3n) is 5.07. The van der Waals surface area contributed by atoms with Gasteiger partial charge in [0.05, 0.1) is 7.11 Å². The Kier molecular flexibility index (Phi) is 7.97. The summed E-state index contributed by atoms with van der Waals surface area (Å²) >= 11 is 0. The third kappa shape index (κ3) is 6.50. The Labute approximate surface area is 206 Å².